The van der Waals surface area contributed by atoms with Gasteiger partial charge >= 0.3 is 5.97 Å². The van der Waals surface area contributed by atoms with Gasteiger partial charge in [-0.2, -0.15) is 0 Å². The number of aliphatic hydroxyl groups excluding tert-OH is 2. The van der Waals surface area contributed by atoms with Crippen molar-refractivity contribution in [2.75, 3.05) is 32.8 Å². The van der Waals surface area contributed by atoms with Gasteiger partial charge in [-0.15, -0.1) is 0 Å². The average Bonchev–Trinajstić information content (AvgIpc) is 2.04. The van der Waals surface area contributed by atoms with E-state index >= 15 is 0 Å². The number of aliphatic carboxylic acids is 1. The number of carbonyl (C=O) groups is 1. The molecular formula is C8H15NO4. The van der Waals surface area contributed by atoms with E-state index in [0.717, 1.165) is 6.08 Å². The second kappa shape index (κ2) is 7.72. The molecule has 5 heteroatoms. The van der Waals surface area contributed by atoms with Gasteiger partial charge in [0.25, 0.3) is 0 Å². The van der Waals surface area contributed by atoms with Crippen LogP contribution in [0.3, 0.4) is 0 Å². The molecule has 0 aliphatic carbocycles. The van der Waals surface area contributed by atoms with E-state index in [4.69, 9.17) is 15.3 Å². The van der Waals surface area contributed by atoms with Gasteiger partial charge in [0.1, 0.15) is 0 Å². The van der Waals surface area contributed by atoms with Gasteiger partial charge in [-0.1, -0.05) is 6.08 Å². The molecule has 0 saturated heterocycles. The molecule has 0 unspecified atom stereocenters. The first-order chi connectivity index (χ1) is 6.20. The average molecular weight is 189 g/mol. The SMILES string of the molecule is O=C(O)/C=C/CN(CCO)CCO. The summed E-state index contributed by atoms with van der Waals surface area (Å²) in [7, 11) is 0. The molecule has 0 aromatic carbocycles. The zero-order chi connectivity index (χ0) is 10.1. The van der Waals surface area contributed by atoms with Gasteiger partial charge in [-0.3, -0.25) is 4.90 Å². The standard InChI is InChI=1S/C8H15NO4/c10-6-4-9(5-7-11)3-1-2-8(12)13/h1-2,10-11H,3-7H2,(H,12,13)/b2-1+. The van der Waals surface area contributed by atoms with E-state index in [-0.39, 0.29) is 13.2 Å². The molecule has 76 valence electrons. The lowest BCUT2D eigenvalue weighted by Gasteiger charge is -2.17. The fourth-order valence-corrected chi connectivity index (χ4v) is 0.880. The van der Waals surface area contributed by atoms with E-state index in [9.17, 15) is 4.79 Å². The lowest BCUT2D eigenvalue weighted by molar-refractivity contribution is -0.131. The fourth-order valence-electron chi connectivity index (χ4n) is 0.880. The summed E-state index contributed by atoms with van der Waals surface area (Å²) < 4.78 is 0. The van der Waals surface area contributed by atoms with Crippen LogP contribution in [0.25, 0.3) is 0 Å². The predicted octanol–water partition coefficient (Wildman–Crippen LogP) is -1.09. The summed E-state index contributed by atoms with van der Waals surface area (Å²) in [6.45, 7) is 1.30. The van der Waals surface area contributed by atoms with Crippen LogP contribution in [-0.2, 0) is 4.79 Å². The van der Waals surface area contributed by atoms with Crippen molar-refractivity contribution in [3.05, 3.63) is 12.2 Å². The summed E-state index contributed by atoms with van der Waals surface area (Å²) >= 11 is 0. The molecule has 13 heavy (non-hydrogen) atoms. The summed E-state index contributed by atoms with van der Waals surface area (Å²) in [5, 5.41) is 25.5. The summed E-state index contributed by atoms with van der Waals surface area (Å²) in [5.41, 5.74) is 0. The molecule has 3 N–H and O–H groups in total. The Hall–Kier alpha value is -0.910. The number of aliphatic hydroxyl groups is 2. The third kappa shape index (κ3) is 7.45. The summed E-state index contributed by atoms with van der Waals surface area (Å²) in [6.07, 6.45) is 2.52. The highest BCUT2D eigenvalue weighted by atomic mass is 16.4. The third-order valence-corrected chi connectivity index (χ3v) is 1.46. The molecule has 0 saturated carbocycles. The summed E-state index contributed by atoms with van der Waals surface area (Å²) in [4.78, 5) is 11.8. The Bertz CT molecular complexity index is 164. The highest BCUT2D eigenvalue weighted by Gasteiger charge is 2.00. The van der Waals surface area contributed by atoms with E-state index in [2.05, 4.69) is 0 Å². The van der Waals surface area contributed by atoms with Crippen molar-refractivity contribution in [3.8, 4) is 0 Å². The van der Waals surface area contributed by atoms with Crippen LogP contribution in [-0.4, -0.2) is 59.0 Å². The largest absolute Gasteiger partial charge is 0.478 e. The van der Waals surface area contributed by atoms with Gasteiger partial charge in [0.05, 0.1) is 13.2 Å². The van der Waals surface area contributed by atoms with Crippen molar-refractivity contribution in [2.45, 2.75) is 0 Å². The summed E-state index contributed by atoms with van der Waals surface area (Å²) in [5.74, 6) is -0.993. The number of hydrogen-bond donors (Lipinski definition) is 3. The predicted molar refractivity (Wildman–Crippen MR) is 47.4 cm³/mol. The quantitative estimate of drug-likeness (QED) is 0.443. The molecule has 0 aliphatic heterocycles. The number of carboxylic acid groups (broad SMARTS) is 1. The maximum atomic E-state index is 10.1. The Kier molecular flexibility index (Phi) is 7.18. The number of hydrogen-bond acceptors (Lipinski definition) is 4. The molecule has 0 heterocycles. The first-order valence-electron chi connectivity index (χ1n) is 4.04. The van der Waals surface area contributed by atoms with Crippen LogP contribution in [0.4, 0.5) is 0 Å². The maximum Gasteiger partial charge on any atom is 0.328 e. The van der Waals surface area contributed by atoms with Crippen molar-refractivity contribution < 1.29 is 20.1 Å². The Balaban J connectivity index is 3.73. The van der Waals surface area contributed by atoms with Crippen LogP contribution in [0.1, 0.15) is 0 Å². The van der Waals surface area contributed by atoms with Gasteiger partial charge in [0, 0.05) is 25.7 Å². The minimum Gasteiger partial charge on any atom is -0.478 e. The Morgan fingerprint density at radius 3 is 2.15 bits per heavy atom. The van der Waals surface area contributed by atoms with Crippen molar-refractivity contribution >= 4 is 5.97 Å². The number of carboxylic acids is 1. The van der Waals surface area contributed by atoms with Crippen molar-refractivity contribution in [1.29, 1.82) is 0 Å². The monoisotopic (exact) mass is 189 g/mol. The molecule has 0 aromatic rings. The Labute approximate surface area is 76.9 Å². The van der Waals surface area contributed by atoms with E-state index < -0.39 is 5.97 Å². The molecule has 0 atom stereocenters. The molecule has 5 nitrogen and oxygen atoms in total. The molecule has 0 spiro atoms. The van der Waals surface area contributed by atoms with E-state index in [1.165, 1.54) is 6.08 Å². The first-order valence-corrected chi connectivity index (χ1v) is 4.04. The maximum absolute atomic E-state index is 10.1. The second-order valence-corrected chi connectivity index (χ2v) is 2.49. The lowest BCUT2D eigenvalue weighted by Crippen LogP contribution is -2.30. The van der Waals surface area contributed by atoms with Crippen molar-refractivity contribution in [2.24, 2.45) is 0 Å². The van der Waals surface area contributed by atoms with Gasteiger partial charge in [0.2, 0.25) is 0 Å². The molecular weight excluding hydrogens is 174 g/mol. The first kappa shape index (κ1) is 12.1. The molecule has 0 rings (SSSR count). The van der Waals surface area contributed by atoms with E-state index in [1.807, 2.05) is 0 Å². The van der Waals surface area contributed by atoms with E-state index in [0.29, 0.717) is 19.6 Å². The van der Waals surface area contributed by atoms with Gasteiger partial charge < -0.3 is 15.3 Å². The zero-order valence-electron chi connectivity index (χ0n) is 7.39. The van der Waals surface area contributed by atoms with Gasteiger partial charge in [-0.25, -0.2) is 4.79 Å². The highest BCUT2D eigenvalue weighted by Crippen LogP contribution is 1.87. The molecule has 0 fully saturated rings. The van der Waals surface area contributed by atoms with Crippen molar-refractivity contribution in [3.63, 3.8) is 0 Å². The van der Waals surface area contributed by atoms with Crippen LogP contribution >= 0.6 is 0 Å². The Morgan fingerprint density at radius 1 is 1.23 bits per heavy atom. The molecule has 0 bridgehead atoms. The molecule has 0 aliphatic rings. The van der Waals surface area contributed by atoms with Crippen LogP contribution in [0.5, 0.6) is 0 Å². The molecule has 0 aromatic heterocycles. The molecule has 0 radical (unpaired) electrons. The highest BCUT2D eigenvalue weighted by molar-refractivity contribution is 5.79. The minimum atomic E-state index is -0.993. The lowest BCUT2D eigenvalue weighted by atomic mass is 10.4. The van der Waals surface area contributed by atoms with Crippen LogP contribution < -0.4 is 0 Å². The van der Waals surface area contributed by atoms with Gasteiger partial charge in [-0.05, 0) is 0 Å². The van der Waals surface area contributed by atoms with E-state index in [1.54, 1.807) is 4.90 Å². The molecule has 0 amide bonds. The smallest absolute Gasteiger partial charge is 0.328 e. The second-order valence-electron chi connectivity index (χ2n) is 2.49. The van der Waals surface area contributed by atoms with Crippen LogP contribution in [0.15, 0.2) is 12.2 Å². The van der Waals surface area contributed by atoms with Crippen molar-refractivity contribution in [1.82, 2.24) is 4.90 Å². The van der Waals surface area contributed by atoms with Crippen LogP contribution in [0, 0.1) is 0 Å². The normalized spacial score (nSPS) is 11.3. The number of rotatable bonds is 7. The van der Waals surface area contributed by atoms with Crippen LogP contribution in [0.2, 0.25) is 0 Å². The zero-order valence-corrected chi connectivity index (χ0v) is 7.39. The topological polar surface area (TPSA) is 81.0 Å². The fraction of sp³-hybridized carbons (Fsp3) is 0.625. The Morgan fingerprint density at radius 2 is 1.77 bits per heavy atom. The van der Waals surface area contributed by atoms with Gasteiger partial charge in [0.15, 0.2) is 0 Å². The third-order valence-electron chi connectivity index (χ3n) is 1.46. The summed E-state index contributed by atoms with van der Waals surface area (Å²) in [6, 6.07) is 0. The number of nitrogens with zero attached hydrogens (tertiary/aromatic N) is 1. The minimum absolute atomic E-state index is 0.000904.